The van der Waals surface area contributed by atoms with E-state index in [1.165, 1.54) is 0 Å². The fourth-order valence-corrected chi connectivity index (χ4v) is 4.17. The molecule has 0 atom stereocenters. The van der Waals surface area contributed by atoms with Crippen LogP contribution >= 0.6 is 0 Å². The van der Waals surface area contributed by atoms with Crippen molar-refractivity contribution in [1.82, 2.24) is 25.1 Å². The third-order valence-corrected chi connectivity index (χ3v) is 5.97. The number of aromatic nitrogens is 4. The molecule has 0 radical (unpaired) electrons. The molecule has 3 N–H and O–H groups in total. The van der Waals surface area contributed by atoms with Gasteiger partial charge in [0.1, 0.15) is 5.82 Å². The minimum Gasteiger partial charge on any atom is -0.370 e. The summed E-state index contributed by atoms with van der Waals surface area (Å²) < 4.78 is 2.01. The Kier molecular flexibility index (Phi) is 4.62. The summed E-state index contributed by atoms with van der Waals surface area (Å²) in [6.45, 7) is 1.91. The second-order valence-electron chi connectivity index (χ2n) is 8.15. The van der Waals surface area contributed by atoms with E-state index in [0.717, 1.165) is 75.1 Å². The first kappa shape index (κ1) is 17.5. The SMILES string of the molecule is O=C(NC1CCC(Nc2nccc(-c3cnn4c3NCCC4)n2)CC1)C1CC1. The third-order valence-electron chi connectivity index (χ3n) is 5.97. The van der Waals surface area contributed by atoms with Gasteiger partial charge in [-0.05, 0) is 51.0 Å². The fourth-order valence-electron chi connectivity index (χ4n) is 4.17. The van der Waals surface area contributed by atoms with E-state index in [1.807, 2.05) is 16.9 Å². The summed E-state index contributed by atoms with van der Waals surface area (Å²) >= 11 is 0. The van der Waals surface area contributed by atoms with Crippen LogP contribution in [0.4, 0.5) is 11.8 Å². The van der Waals surface area contributed by atoms with Crippen molar-refractivity contribution in [1.29, 1.82) is 0 Å². The van der Waals surface area contributed by atoms with E-state index in [-0.39, 0.29) is 11.8 Å². The molecule has 2 fully saturated rings. The summed E-state index contributed by atoms with van der Waals surface area (Å²) in [6, 6.07) is 2.61. The van der Waals surface area contributed by atoms with Gasteiger partial charge < -0.3 is 16.0 Å². The molecule has 3 aliphatic rings. The van der Waals surface area contributed by atoms with E-state index in [4.69, 9.17) is 4.98 Å². The van der Waals surface area contributed by atoms with E-state index in [0.29, 0.717) is 18.0 Å². The first-order valence-corrected chi connectivity index (χ1v) is 10.5. The molecule has 1 amide bonds. The predicted molar refractivity (Wildman–Crippen MR) is 107 cm³/mol. The lowest BCUT2D eigenvalue weighted by molar-refractivity contribution is -0.123. The zero-order valence-electron chi connectivity index (χ0n) is 16.0. The Hall–Kier alpha value is -2.64. The average Bonchev–Trinajstić information content (AvgIpc) is 3.49. The standard InChI is InChI=1S/C20H27N7O/c28-19(13-2-3-13)24-14-4-6-15(7-5-14)25-20-22-10-8-17(26-20)16-12-23-27-11-1-9-21-18(16)27/h8,10,12-15,21H,1-7,9,11H2,(H,24,28)(H,22,25,26). The van der Waals surface area contributed by atoms with E-state index in [1.54, 1.807) is 6.20 Å². The van der Waals surface area contributed by atoms with Gasteiger partial charge in [-0.25, -0.2) is 14.6 Å². The smallest absolute Gasteiger partial charge is 0.223 e. The average molecular weight is 381 g/mol. The number of hydrogen-bond acceptors (Lipinski definition) is 6. The number of aryl methyl sites for hydroxylation is 1. The lowest BCUT2D eigenvalue weighted by Gasteiger charge is -2.29. The van der Waals surface area contributed by atoms with Crippen LogP contribution in [-0.2, 0) is 11.3 Å². The number of rotatable bonds is 5. The van der Waals surface area contributed by atoms with E-state index < -0.39 is 0 Å². The number of anilines is 2. The van der Waals surface area contributed by atoms with Gasteiger partial charge in [-0.2, -0.15) is 5.10 Å². The van der Waals surface area contributed by atoms with Gasteiger partial charge in [0.2, 0.25) is 11.9 Å². The molecule has 5 rings (SSSR count). The lowest BCUT2D eigenvalue weighted by Crippen LogP contribution is -2.40. The van der Waals surface area contributed by atoms with Crippen molar-refractivity contribution in [3.05, 3.63) is 18.5 Å². The Morgan fingerprint density at radius 3 is 2.79 bits per heavy atom. The normalized spacial score (nSPS) is 24.1. The van der Waals surface area contributed by atoms with Crippen molar-refractivity contribution in [2.75, 3.05) is 17.2 Å². The van der Waals surface area contributed by atoms with E-state index >= 15 is 0 Å². The highest BCUT2D eigenvalue weighted by atomic mass is 16.2. The third kappa shape index (κ3) is 3.68. The van der Waals surface area contributed by atoms with Crippen molar-refractivity contribution in [2.45, 2.75) is 63.6 Å². The number of nitrogens with zero attached hydrogens (tertiary/aromatic N) is 4. The number of amides is 1. The van der Waals surface area contributed by atoms with Gasteiger partial charge in [0, 0.05) is 37.3 Å². The van der Waals surface area contributed by atoms with Crippen LogP contribution in [0.2, 0.25) is 0 Å². The van der Waals surface area contributed by atoms with Crippen LogP contribution in [0.5, 0.6) is 0 Å². The highest BCUT2D eigenvalue weighted by molar-refractivity contribution is 5.81. The summed E-state index contributed by atoms with van der Waals surface area (Å²) in [5.41, 5.74) is 1.91. The van der Waals surface area contributed by atoms with Gasteiger partial charge in [0.15, 0.2) is 0 Å². The summed E-state index contributed by atoms with van der Waals surface area (Å²) in [7, 11) is 0. The molecule has 2 aromatic rings. The molecule has 3 heterocycles. The molecule has 2 saturated carbocycles. The Bertz CT molecular complexity index is 852. The van der Waals surface area contributed by atoms with Crippen LogP contribution in [0.3, 0.4) is 0 Å². The molecule has 2 aliphatic carbocycles. The first-order valence-electron chi connectivity index (χ1n) is 10.5. The van der Waals surface area contributed by atoms with Gasteiger partial charge in [0.05, 0.1) is 17.5 Å². The monoisotopic (exact) mass is 381 g/mol. The van der Waals surface area contributed by atoms with Gasteiger partial charge >= 0.3 is 0 Å². The zero-order chi connectivity index (χ0) is 18.9. The molecule has 8 nitrogen and oxygen atoms in total. The topological polar surface area (TPSA) is 96.8 Å². The van der Waals surface area contributed by atoms with Crippen LogP contribution in [0, 0.1) is 5.92 Å². The highest BCUT2D eigenvalue weighted by Crippen LogP contribution is 2.31. The number of nitrogens with one attached hydrogen (secondary N) is 3. The molecule has 2 aromatic heterocycles. The molecule has 0 spiro atoms. The number of hydrogen-bond donors (Lipinski definition) is 3. The van der Waals surface area contributed by atoms with Crippen molar-refractivity contribution in [3.8, 4) is 11.3 Å². The number of carbonyl (C=O) groups excluding carboxylic acids is 1. The van der Waals surface area contributed by atoms with Gasteiger partial charge in [-0.3, -0.25) is 4.79 Å². The van der Waals surface area contributed by atoms with Gasteiger partial charge in [0.25, 0.3) is 0 Å². The maximum absolute atomic E-state index is 11.9. The molecule has 0 aromatic carbocycles. The fraction of sp³-hybridized carbons (Fsp3) is 0.600. The predicted octanol–water partition coefficient (Wildman–Crippen LogP) is 2.40. The first-order chi connectivity index (χ1) is 13.8. The quantitative estimate of drug-likeness (QED) is 0.736. The summed E-state index contributed by atoms with van der Waals surface area (Å²) in [4.78, 5) is 21.1. The van der Waals surface area contributed by atoms with Gasteiger partial charge in [-0.15, -0.1) is 0 Å². The number of fused-ring (bicyclic) bond motifs is 1. The van der Waals surface area contributed by atoms with Crippen molar-refractivity contribution < 1.29 is 4.79 Å². The maximum atomic E-state index is 11.9. The highest BCUT2D eigenvalue weighted by Gasteiger charge is 2.32. The molecule has 0 bridgehead atoms. The Labute approximate surface area is 164 Å². The molecular formula is C20H27N7O. The Morgan fingerprint density at radius 2 is 1.96 bits per heavy atom. The molecule has 8 heteroatoms. The Morgan fingerprint density at radius 1 is 1.14 bits per heavy atom. The maximum Gasteiger partial charge on any atom is 0.223 e. The minimum atomic E-state index is 0.255. The molecule has 28 heavy (non-hydrogen) atoms. The van der Waals surface area contributed by atoms with E-state index in [2.05, 4.69) is 26.0 Å². The van der Waals surface area contributed by atoms with Crippen LogP contribution in [0.15, 0.2) is 18.5 Å². The van der Waals surface area contributed by atoms with Crippen LogP contribution in [0.1, 0.15) is 44.9 Å². The lowest BCUT2D eigenvalue weighted by atomic mass is 9.91. The molecule has 0 saturated heterocycles. The summed E-state index contributed by atoms with van der Waals surface area (Å²) in [5.74, 6) is 2.25. The Balaban J connectivity index is 1.20. The molecule has 1 aliphatic heterocycles. The molecule has 148 valence electrons. The zero-order valence-corrected chi connectivity index (χ0v) is 16.0. The van der Waals surface area contributed by atoms with Crippen LogP contribution in [-0.4, -0.2) is 44.3 Å². The molecule has 0 unspecified atom stereocenters. The summed E-state index contributed by atoms with van der Waals surface area (Å²) in [5, 5.41) is 14.6. The van der Waals surface area contributed by atoms with Crippen LogP contribution in [0.25, 0.3) is 11.3 Å². The van der Waals surface area contributed by atoms with Crippen molar-refractivity contribution in [3.63, 3.8) is 0 Å². The van der Waals surface area contributed by atoms with Gasteiger partial charge in [-0.1, -0.05) is 0 Å². The van der Waals surface area contributed by atoms with Crippen LogP contribution < -0.4 is 16.0 Å². The second kappa shape index (κ2) is 7.41. The van der Waals surface area contributed by atoms with Crippen molar-refractivity contribution >= 4 is 17.7 Å². The summed E-state index contributed by atoms with van der Waals surface area (Å²) in [6.07, 6.45) is 11.0. The number of carbonyl (C=O) groups is 1. The van der Waals surface area contributed by atoms with Crippen molar-refractivity contribution in [2.24, 2.45) is 5.92 Å². The molecular weight excluding hydrogens is 354 g/mol. The largest absolute Gasteiger partial charge is 0.370 e. The second-order valence-corrected chi connectivity index (χ2v) is 8.15. The van der Waals surface area contributed by atoms with E-state index in [9.17, 15) is 4.79 Å². The minimum absolute atomic E-state index is 0.255.